The predicted molar refractivity (Wildman–Crippen MR) is 137 cm³/mol. The van der Waals surface area contributed by atoms with Crippen LogP contribution in [0.25, 0.3) is 5.65 Å². The van der Waals surface area contributed by atoms with E-state index in [0.717, 1.165) is 22.5 Å². The first-order valence-corrected chi connectivity index (χ1v) is 13.8. The molecule has 1 aromatic carbocycles. The first-order valence-electron chi connectivity index (χ1n) is 11.4. The molecule has 0 unspecified atom stereocenters. The maximum atomic E-state index is 13.3. The lowest BCUT2D eigenvalue weighted by atomic mass is 9.98. The van der Waals surface area contributed by atoms with Crippen LogP contribution in [0.4, 0.5) is 0 Å². The highest BCUT2D eigenvalue weighted by Gasteiger charge is 2.29. The zero-order valence-electron chi connectivity index (χ0n) is 20.0. The van der Waals surface area contributed by atoms with Gasteiger partial charge in [-0.25, -0.2) is 27.9 Å². The van der Waals surface area contributed by atoms with Crippen molar-refractivity contribution >= 4 is 44.8 Å². The Morgan fingerprint density at radius 3 is 2.68 bits per heavy atom. The molecular formula is C24H22N6O6S2. The molecule has 5 N–H and O–H groups in total. The summed E-state index contributed by atoms with van der Waals surface area (Å²) in [5, 5.41) is 24.3. The summed E-state index contributed by atoms with van der Waals surface area (Å²) in [7, 11) is -3.83. The highest BCUT2D eigenvalue weighted by Crippen LogP contribution is 2.35. The lowest BCUT2D eigenvalue weighted by Gasteiger charge is -2.16. The number of nitrogens with one attached hydrogen (secondary N) is 2. The van der Waals surface area contributed by atoms with E-state index in [9.17, 15) is 27.9 Å². The number of sulfonamides is 1. The Kier molecular flexibility index (Phi) is 6.46. The Morgan fingerprint density at radius 2 is 1.97 bits per heavy atom. The molecule has 3 aromatic heterocycles. The molecule has 0 fully saturated rings. The van der Waals surface area contributed by atoms with E-state index in [1.807, 2.05) is 0 Å². The molecule has 38 heavy (non-hydrogen) atoms. The monoisotopic (exact) mass is 554 g/mol. The normalized spacial score (nSPS) is 14.8. The number of aromatic carboxylic acids is 1. The van der Waals surface area contributed by atoms with Crippen LogP contribution in [0.3, 0.4) is 0 Å². The number of primary sulfonamides is 1. The zero-order chi connectivity index (χ0) is 27.2. The Morgan fingerprint density at radius 1 is 1.18 bits per heavy atom. The van der Waals surface area contributed by atoms with Crippen LogP contribution in [0.2, 0.25) is 0 Å². The van der Waals surface area contributed by atoms with E-state index in [0.29, 0.717) is 28.9 Å². The van der Waals surface area contributed by atoms with E-state index < -0.39 is 27.8 Å². The van der Waals surface area contributed by atoms with Crippen LogP contribution in [0.15, 0.2) is 46.8 Å². The van der Waals surface area contributed by atoms with Gasteiger partial charge in [-0.1, -0.05) is 6.07 Å². The molecule has 0 spiro atoms. The summed E-state index contributed by atoms with van der Waals surface area (Å²) >= 11 is 0.946. The van der Waals surface area contributed by atoms with Crippen LogP contribution in [0.1, 0.15) is 65.4 Å². The molecule has 0 saturated heterocycles. The summed E-state index contributed by atoms with van der Waals surface area (Å²) in [6, 6.07) is 8.76. The summed E-state index contributed by atoms with van der Waals surface area (Å²) in [5.74, 6) is -2.02. The number of carboxylic acids is 1. The fraction of sp³-hybridized carbons (Fsp3) is 0.208. The average Bonchev–Trinajstić information content (AvgIpc) is 3.61. The third kappa shape index (κ3) is 4.76. The highest BCUT2D eigenvalue weighted by molar-refractivity contribution is 7.91. The van der Waals surface area contributed by atoms with Gasteiger partial charge in [0.25, 0.3) is 11.8 Å². The molecule has 4 aromatic rings. The van der Waals surface area contributed by atoms with Gasteiger partial charge in [-0.05, 0) is 54.7 Å². The number of hydrogen-bond donors (Lipinski definition) is 4. The molecule has 1 atom stereocenters. The summed E-state index contributed by atoms with van der Waals surface area (Å²) in [5.41, 5.74) is 3.08. The number of carboxylic acid groups (broad SMARTS) is 1. The predicted octanol–water partition coefficient (Wildman–Crippen LogP) is 1.79. The Hall–Kier alpha value is -4.14. The molecule has 3 heterocycles. The number of carbonyl (C=O) groups excluding carboxylic acids is 2. The van der Waals surface area contributed by atoms with Crippen molar-refractivity contribution in [1.29, 1.82) is 0 Å². The van der Waals surface area contributed by atoms with Crippen LogP contribution < -0.4 is 15.8 Å². The van der Waals surface area contributed by atoms with Gasteiger partial charge in [0.2, 0.25) is 10.0 Å². The molecule has 0 radical (unpaired) electrons. The molecule has 2 amide bonds. The van der Waals surface area contributed by atoms with Gasteiger partial charge in [0.05, 0.1) is 24.3 Å². The second kappa shape index (κ2) is 9.63. The minimum Gasteiger partial charge on any atom is -0.478 e. The number of amides is 2. The van der Waals surface area contributed by atoms with Crippen molar-refractivity contribution < 1.29 is 27.9 Å². The maximum Gasteiger partial charge on any atom is 0.335 e. The molecular weight excluding hydrogens is 532 g/mol. The lowest BCUT2D eigenvalue weighted by molar-refractivity contribution is 0.0695. The van der Waals surface area contributed by atoms with Crippen molar-refractivity contribution in [2.24, 2.45) is 5.14 Å². The Balaban J connectivity index is 1.36. The number of rotatable bonds is 7. The molecule has 0 saturated carbocycles. The fourth-order valence-electron chi connectivity index (χ4n) is 4.55. The number of fused-ring (bicyclic) bond motifs is 2. The molecule has 196 valence electrons. The largest absolute Gasteiger partial charge is 0.478 e. The zero-order valence-corrected chi connectivity index (χ0v) is 21.6. The lowest BCUT2D eigenvalue weighted by Crippen LogP contribution is -2.30. The average molecular weight is 555 g/mol. The molecule has 1 aliphatic carbocycles. The SMILES string of the molecule is Cc1c(C(=O)O)ccc2c1CC[C@@H]2NC(=O)c1cc(C(=O)NCc2ccc(S(N)(=O)=O)s2)nc2ccnn12. The first kappa shape index (κ1) is 25.5. The summed E-state index contributed by atoms with van der Waals surface area (Å²) < 4.78 is 24.3. The standard InChI is InChI=1S/C24H22N6O6S2/c1-12-14-5-6-17(16(14)4-3-15(12)24(33)34)29-23(32)19-10-18(28-20-8-9-27-30(19)20)22(31)26-11-13-2-7-21(37-13)38(25,35)36/h2-4,7-10,17H,5-6,11H2,1H3,(H,26,31)(H,29,32)(H,33,34)(H2,25,35,36)/t17-/m0/s1. The van der Waals surface area contributed by atoms with Crippen LogP contribution in [0.5, 0.6) is 0 Å². The van der Waals surface area contributed by atoms with Gasteiger partial charge in [-0.15, -0.1) is 11.3 Å². The van der Waals surface area contributed by atoms with Crippen molar-refractivity contribution in [1.82, 2.24) is 25.2 Å². The topological polar surface area (TPSA) is 186 Å². The van der Waals surface area contributed by atoms with E-state index in [1.165, 1.54) is 22.8 Å². The molecule has 0 aliphatic heterocycles. The Labute approximate surface area is 220 Å². The van der Waals surface area contributed by atoms with Gasteiger partial charge in [0.15, 0.2) is 5.65 Å². The summed E-state index contributed by atoms with van der Waals surface area (Å²) in [6.07, 6.45) is 2.69. The molecule has 12 nitrogen and oxygen atoms in total. The number of nitrogens with two attached hydrogens (primary N) is 1. The summed E-state index contributed by atoms with van der Waals surface area (Å²) in [6.45, 7) is 1.81. The van der Waals surface area contributed by atoms with E-state index in [2.05, 4.69) is 20.7 Å². The smallest absolute Gasteiger partial charge is 0.335 e. The third-order valence-corrected chi connectivity index (χ3v) is 8.92. The Bertz CT molecular complexity index is 1730. The van der Waals surface area contributed by atoms with E-state index in [1.54, 1.807) is 31.2 Å². The van der Waals surface area contributed by atoms with Gasteiger partial charge in [0, 0.05) is 17.0 Å². The summed E-state index contributed by atoms with van der Waals surface area (Å²) in [4.78, 5) is 42.5. The quantitative estimate of drug-likeness (QED) is 0.266. The van der Waals surface area contributed by atoms with Crippen LogP contribution in [-0.2, 0) is 23.0 Å². The second-order valence-corrected chi connectivity index (χ2v) is 11.7. The fourth-order valence-corrected chi connectivity index (χ4v) is 6.27. The first-order chi connectivity index (χ1) is 18.0. The van der Waals surface area contributed by atoms with Crippen molar-refractivity contribution in [2.75, 3.05) is 0 Å². The van der Waals surface area contributed by atoms with E-state index >= 15 is 0 Å². The van der Waals surface area contributed by atoms with Gasteiger partial charge in [-0.3, -0.25) is 9.59 Å². The van der Waals surface area contributed by atoms with E-state index in [-0.39, 0.29) is 33.7 Å². The van der Waals surface area contributed by atoms with Crippen molar-refractivity contribution in [3.8, 4) is 0 Å². The maximum absolute atomic E-state index is 13.3. The molecule has 14 heteroatoms. The number of thiophene rings is 1. The van der Waals surface area contributed by atoms with Gasteiger partial charge >= 0.3 is 5.97 Å². The van der Waals surface area contributed by atoms with Crippen LogP contribution >= 0.6 is 11.3 Å². The van der Waals surface area contributed by atoms with Crippen LogP contribution in [0, 0.1) is 6.92 Å². The van der Waals surface area contributed by atoms with Crippen molar-refractivity contribution in [3.05, 3.63) is 81.1 Å². The minimum absolute atomic E-state index is 0.0117. The minimum atomic E-state index is -3.83. The van der Waals surface area contributed by atoms with E-state index in [4.69, 9.17) is 5.14 Å². The molecule has 0 bridgehead atoms. The number of aromatic nitrogens is 3. The van der Waals surface area contributed by atoms with Crippen molar-refractivity contribution in [3.63, 3.8) is 0 Å². The third-order valence-electron chi connectivity index (χ3n) is 6.39. The van der Waals surface area contributed by atoms with Crippen LogP contribution in [-0.4, -0.2) is 45.9 Å². The van der Waals surface area contributed by atoms with Crippen molar-refractivity contribution in [2.45, 2.75) is 36.6 Å². The van der Waals surface area contributed by atoms with Gasteiger partial charge in [-0.2, -0.15) is 5.10 Å². The highest BCUT2D eigenvalue weighted by atomic mass is 32.2. The number of benzene rings is 1. The molecule has 5 rings (SSSR count). The second-order valence-electron chi connectivity index (χ2n) is 8.75. The number of carbonyl (C=O) groups is 3. The number of nitrogens with zero attached hydrogens (tertiary/aromatic N) is 3. The van der Waals surface area contributed by atoms with Gasteiger partial charge < -0.3 is 15.7 Å². The molecule has 1 aliphatic rings. The van der Waals surface area contributed by atoms with Gasteiger partial charge in [0.1, 0.15) is 15.6 Å². The number of hydrogen-bond acceptors (Lipinski definition) is 8.